The van der Waals surface area contributed by atoms with Crippen molar-refractivity contribution in [2.45, 2.75) is 6.42 Å². The van der Waals surface area contributed by atoms with Crippen LogP contribution in [-0.2, 0) is 6.42 Å². The quantitative estimate of drug-likeness (QED) is 0.792. The van der Waals surface area contributed by atoms with Crippen LogP contribution in [0.25, 0.3) is 0 Å². The number of aromatic nitrogens is 1. The smallest absolute Gasteiger partial charge is 0.0270 e. The second-order valence-corrected chi connectivity index (χ2v) is 4.89. The number of hydrogen-bond acceptors (Lipinski definition) is 4. The van der Waals surface area contributed by atoms with Crippen molar-refractivity contribution in [3.05, 3.63) is 30.1 Å². The number of likely N-dealkylation sites (N-methyl/N-ethyl adjacent to an activating group) is 1. The predicted octanol–water partition coefficient (Wildman–Crippen LogP) is 0.461. The van der Waals surface area contributed by atoms with Crippen LogP contribution in [0.3, 0.4) is 0 Å². The summed E-state index contributed by atoms with van der Waals surface area (Å²) >= 11 is 0. The molecule has 0 saturated carbocycles. The Hall–Kier alpha value is -0.970. The first-order valence-corrected chi connectivity index (χ1v) is 6.86. The summed E-state index contributed by atoms with van der Waals surface area (Å²) in [4.78, 5) is 9.16. The Labute approximate surface area is 110 Å². The van der Waals surface area contributed by atoms with Gasteiger partial charge in [0.05, 0.1) is 0 Å². The number of nitrogens with zero attached hydrogens (tertiary/aromatic N) is 3. The molecule has 0 spiro atoms. The van der Waals surface area contributed by atoms with E-state index in [9.17, 15) is 0 Å². The highest BCUT2D eigenvalue weighted by molar-refractivity contribution is 5.09. The van der Waals surface area contributed by atoms with E-state index in [4.69, 9.17) is 0 Å². The maximum Gasteiger partial charge on any atom is 0.0270 e. The van der Waals surface area contributed by atoms with Gasteiger partial charge >= 0.3 is 0 Å². The van der Waals surface area contributed by atoms with Gasteiger partial charge in [0.1, 0.15) is 0 Å². The maximum atomic E-state index is 4.05. The van der Waals surface area contributed by atoms with Crippen molar-refractivity contribution in [3.8, 4) is 0 Å². The van der Waals surface area contributed by atoms with E-state index in [1.54, 1.807) is 0 Å². The summed E-state index contributed by atoms with van der Waals surface area (Å²) in [6.45, 7) is 8.26. The van der Waals surface area contributed by atoms with Crippen LogP contribution in [0.5, 0.6) is 0 Å². The lowest BCUT2D eigenvalue weighted by Crippen LogP contribution is -2.48. The number of piperazine rings is 1. The third kappa shape index (κ3) is 4.37. The molecular weight excluding hydrogens is 224 g/mol. The molecule has 1 aliphatic rings. The van der Waals surface area contributed by atoms with Gasteiger partial charge in [-0.3, -0.25) is 9.88 Å². The molecule has 1 aromatic heterocycles. The Balaban J connectivity index is 1.65. The number of pyridine rings is 1. The van der Waals surface area contributed by atoms with E-state index < -0.39 is 0 Å². The number of rotatable bonds is 6. The van der Waals surface area contributed by atoms with Crippen LogP contribution in [0.4, 0.5) is 0 Å². The zero-order chi connectivity index (χ0) is 12.6. The van der Waals surface area contributed by atoms with Crippen LogP contribution in [-0.4, -0.2) is 67.6 Å². The molecular formula is C14H24N4. The number of hydrogen-bond donors (Lipinski definition) is 1. The first kappa shape index (κ1) is 13.5. The molecule has 4 nitrogen and oxygen atoms in total. The molecule has 1 aromatic rings. The summed E-state index contributed by atoms with van der Waals surface area (Å²) in [5.41, 5.74) is 1.39. The topological polar surface area (TPSA) is 31.4 Å². The van der Waals surface area contributed by atoms with Crippen molar-refractivity contribution in [1.82, 2.24) is 20.1 Å². The third-order valence-corrected chi connectivity index (χ3v) is 3.61. The molecule has 0 amide bonds. The standard InChI is InChI=1S/C14H24N4/c1-15-7-9-18-12-10-17(11-13-18)8-4-14-2-5-16-6-3-14/h2-3,5-6,15H,4,7-13H2,1H3. The van der Waals surface area contributed by atoms with Crippen LogP contribution < -0.4 is 5.32 Å². The molecule has 0 aromatic carbocycles. The highest BCUT2D eigenvalue weighted by Crippen LogP contribution is 2.04. The molecule has 1 N–H and O–H groups in total. The Kier molecular flexibility index (Phi) is 5.58. The van der Waals surface area contributed by atoms with Crippen LogP contribution in [0.1, 0.15) is 5.56 Å². The lowest BCUT2D eigenvalue weighted by Gasteiger charge is -2.34. The van der Waals surface area contributed by atoms with E-state index in [2.05, 4.69) is 32.2 Å². The molecule has 0 atom stereocenters. The van der Waals surface area contributed by atoms with E-state index in [1.165, 1.54) is 44.8 Å². The Morgan fingerprint density at radius 3 is 2.28 bits per heavy atom. The Morgan fingerprint density at radius 2 is 1.67 bits per heavy atom. The van der Waals surface area contributed by atoms with Gasteiger partial charge in [0.2, 0.25) is 0 Å². The lowest BCUT2D eigenvalue weighted by molar-refractivity contribution is 0.134. The van der Waals surface area contributed by atoms with Crippen molar-refractivity contribution in [3.63, 3.8) is 0 Å². The van der Waals surface area contributed by atoms with Crippen molar-refractivity contribution >= 4 is 0 Å². The lowest BCUT2D eigenvalue weighted by atomic mass is 10.2. The largest absolute Gasteiger partial charge is 0.318 e. The molecule has 0 bridgehead atoms. The minimum atomic E-state index is 1.09. The molecule has 1 fully saturated rings. The highest BCUT2D eigenvalue weighted by Gasteiger charge is 2.15. The summed E-state index contributed by atoms with van der Waals surface area (Å²) < 4.78 is 0. The van der Waals surface area contributed by atoms with Crippen LogP contribution in [0.15, 0.2) is 24.5 Å². The van der Waals surface area contributed by atoms with Crippen LogP contribution in [0, 0.1) is 0 Å². The van der Waals surface area contributed by atoms with E-state index >= 15 is 0 Å². The van der Waals surface area contributed by atoms with Crippen molar-refractivity contribution in [2.24, 2.45) is 0 Å². The van der Waals surface area contributed by atoms with Gasteiger partial charge in [0.15, 0.2) is 0 Å². The molecule has 18 heavy (non-hydrogen) atoms. The molecule has 0 aliphatic carbocycles. The van der Waals surface area contributed by atoms with Crippen molar-refractivity contribution in [2.75, 3.05) is 52.9 Å². The van der Waals surface area contributed by atoms with Crippen molar-refractivity contribution < 1.29 is 0 Å². The maximum absolute atomic E-state index is 4.05. The molecule has 0 radical (unpaired) electrons. The number of nitrogens with one attached hydrogen (secondary N) is 1. The summed E-state index contributed by atoms with van der Waals surface area (Å²) in [5, 5.41) is 3.21. The third-order valence-electron chi connectivity index (χ3n) is 3.61. The Morgan fingerprint density at radius 1 is 1.06 bits per heavy atom. The fraction of sp³-hybridized carbons (Fsp3) is 0.643. The average molecular weight is 248 g/mol. The van der Waals surface area contributed by atoms with Gasteiger partial charge in [-0.1, -0.05) is 0 Å². The molecule has 2 heterocycles. The fourth-order valence-electron chi connectivity index (χ4n) is 2.34. The van der Waals surface area contributed by atoms with Gasteiger partial charge in [0, 0.05) is 58.2 Å². The average Bonchev–Trinajstić information content (AvgIpc) is 2.45. The minimum absolute atomic E-state index is 1.09. The van der Waals surface area contributed by atoms with Crippen molar-refractivity contribution in [1.29, 1.82) is 0 Å². The second-order valence-electron chi connectivity index (χ2n) is 4.89. The molecule has 0 unspecified atom stereocenters. The van der Waals surface area contributed by atoms with Crippen LogP contribution >= 0.6 is 0 Å². The first-order chi connectivity index (χ1) is 8.88. The molecule has 4 heteroatoms. The second kappa shape index (κ2) is 7.46. The zero-order valence-electron chi connectivity index (χ0n) is 11.3. The van der Waals surface area contributed by atoms with Gasteiger partial charge < -0.3 is 10.2 Å². The molecule has 1 saturated heterocycles. The van der Waals surface area contributed by atoms with E-state index in [0.29, 0.717) is 0 Å². The van der Waals surface area contributed by atoms with Gasteiger partial charge in [0.25, 0.3) is 0 Å². The molecule has 1 aliphatic heterocycles. The SMILES string of the molecule is CNCCN1CCN(CCc2ccncc2)CC1. The zero-order valence-corrected chi connectivity index (χ0v) is 11.3. The molecule has 100 valence electrons. The van der Waals surface area contributed by atoms with Crippen LogP contribution in [0.2, 0.25) is 0 Å². The summed E-state index contributed by atoms with van der Waals surface area (Å²) in [6.07, 6.45) is 4.90. The highest BCUT2D eigenvalue weighted by atomic mass is 15.3. The van der Waals surface area contributed by atoms with Gasteiger partial charge in [-0.2, -0.15) is 0 Å². The summed E-state index contributed by atoms with van der Waals surface area (Å²) in [6, 6.07) is 4.23. The summed E-state index contributed by atoms with van der Waals surface area (Å²) in [7, 11) is 2.02. The fourth-order valence-corrected chi connectivity index (χ4v) is 2.34. The molecule has 2 rings (SSSR count). The minimum Gasteiger partial charge on any atom is -0.318 e. The van der Waals surface area contributed by atoms with Gasteiger partial charge in [-0.25, -0.2) is 0 Å². The van der Waals surface area contributed by atoms with E-state index in [0.717, 1.165) is 13.0 Å². The van der Waals surface area contributed by atoms with Gasteiger partial charge in [-0.15, -0.1) is 0 Å². The Bertz CT molecular complexity index is 320. The monoisotopic (exact) mass is 248 g/mol. The first-order valence-electron chi connectivity index (χ1n) is 6.86. The van der Waals surface area contributed by atoms with Gasteiger partial charge in [-0.05, 0) is 31.2 Å². The van der Waals surface area contributed by atoms with E-state index in [1.807, 2.05) is 19.4 Å². The van der Waals surface area contributed by atoms with E-state index in [-0.39, 0.29) is 0 Å². The summed E-state index contributed by atoms with van der Waals surface area (Å²) in [5.74, 6) is 0. The predicted molar refractivity (Wildman–Crippen MR) is 74.7 cm³/mol. The normalized spacial score (nSPS) is 18.1.